The SMILES string of the molecule is O=C1c2cc(F)c(Cl)cc2-n2c1nc1ccccc1c2=O. The zero-order chi connectivity index (χ0) is 14.7. The summed E-state index contributed by atoms with van der Waals surface area (Å²) in [6.45, 7) is 0. The van der Waals surface area contributed by atoms with E-state index in [0.717, 1.165) is 6.07 Å². The molecule has 0 atom stereocenters. The van der Waals surface area contributed by atoms with Crippen LogP contribution in [0.15, 0.2) is 41.2 Å². The molecule has 0 saturated carbocycles. The fraction of sp³-hybridized carbons (Fsp3) is 0. The second-order valence-electron chi connectivity index (χ2n) is 4.71. The Kier molecular flexibility index (Phi) is 2.32. The molecule has 0 aliphatic carbocycles. The van der Waals surface area contributed by atoms with Crippen molar-refractivity contribution in [2.24, 2.45) is 0 Å². The monoisotopic (exact) mass is 300 g/mol. The van der Waals surface area contributed by atoms with E-state index in [1.807, 2.05) is 0 Å². The Morgan fingerprint density at radius 2 is 1.90 bits per heavy atom. The van der Waals surface area contributed by atoms with Gasteiger partial charge in [0.05, 0.1) is 27.2 Å². The first kappa shape index (κ1) is 12.2. The molecule has 0 fully saturated rings. The Morgan fingerprint density at radius 3 is 2.71 bits per heavy atom. The first-order chi connectivity index (χ1) is 10.1. The summed E-state index contributed by atoms with van der Waals surface area (Å²) in [4.78, 5) is 29.1. The third-order valence-electron chi connectivity index (χ3n) is 3.50. The number of hydrogen-bond acceptors (Lipinski definition) is 3. The number of carbonyl (C=O) groups excluding carboxylic acids is 1. The minimum atomic E-state index is -0.700. The Bertz CT molecular complexity index is 1010. The fourth-order valence-electron chi connectivity index (χ4n) is 2.53. The number of carbonyl (C=O) groups is 1. The lowest BCUT2D eigenvalue weighted by molar-refractivity contribution is 0.103. The van der Waals surface area contributed by atoms with Crippen LogP contribution < -0.4 is 5.56 Å². The summed E-state index contributed by atoms with van der Waals surface area (Å²) < 4.78 is 14.7. The summed E-state index contributed by atoms with van der Waals surface area (Å²) in [5.41, 5.74) is 0.424. The maximum absolute atomic E-state index is 13.6. The lowest BCUT2D eigenvalue weighted by Crippen LogP contribution is -2.21. The third-order valence-corrected chi connectivity index (χ3v) is 3.79. The highest BCUT2D eigenvalue weighted by Gasteiger charge is 2.31. The van der Waals surface area contributed by atoms with Crippen molar-refractivity contribution >= 4 is 28.3 Å². The number of ketones is 1. The second-order valence-corrected chi connectivity index (χ2v) is 5.11. The average molecular weight is 301 g/mol. The van der Waals surface area contributed by atoms with Crippen LogP contribution in [-0.2, 0) is 0 Å². The van der Waals surface area contributed by atoms with E-state index in [0.29, 0.717) is 10.9 Å². The zero-order valence-corrected chi connectivity index (χ0v) is 11.2. The first-order valence-corrected chi connectivity index (χ1v) is 6.51. The molecular weight excluding hydrogens is 295 g/mol. The number of nitrogens with zero attached hydrogens (tertiary/aromatic N) is 2. The molecule has 0 amide bonds. The highest BCUT2D eigenvalue weighted by molar-refractivity contribution is 6.31. The number of para-hydroxylation sites is 1. The summed E-state index contributed by atoms with van der Waals surface area (Å²) in [5, 5.41) is 0.247. The standard InChI is InChI=1S/C15H6ClFN2O2/c16-9-6-12-8(5-10(9)17)13(20)14-18-11-4-2-1-3-7(11)15(21)19(12)14/h1-6H. The molecule has 102 valence electrons. The zero-order valence-electron chi connectivity index (χ0n) is 10.4. The van der Waals surface area contributed by atoms with Crippen molar-refractivity contribution < 1.29 is 9.18 Å². The number of rotatable bonds is 0. The Labute approximate surface area is 122 Å². The lowest BCUT2D eigenvalue weighted by atomic mass is 10.1. The van der Waals surface area contributed by atoms with Crippen LogP contribution in [0.3, 0.4) is 0 Å². The van der Waals surface area contributed by atoms with Gasteiger partial charge in [-0.05, 0) is 24.3 Å². The quantitative estimate of drug-likeness (QED) is 0.502. The smallest absolute Gasteiger partial charge is 0.266 e. The molecule has 4 nitrogen and oxygen atoms in total. The molecule has 1 aromatic heterocycles. The number of halogens is 2. The van der Waals surface area contributed by atoms with Gasteiger partial charge in [-0.1, -0.05) is 23.7 Å². The van der Waals surface area contributed by atoms with Gasteiger partial charge in [0.2, 0.25) is 5.78 Å². The van der Waals surface area contributed by atoms with Crippen LogP contribution in [0.25, 0.3) is 16.6 Å². The molecule has 4 rings (SSSR count). The Morgan fingerprint density at radius 1 is 1.14 bits per heavy atom. The van der Waals surface area contributed by atoms with E-state index in [2.05, 4.69) is 4.98 Å². The highest BCUT2D eigenvalue weighted by atomic mass is 35.5. The Balaban J connectivity index is 2.19. The normalized spacial score (nSPS) is 12.6. The predicted octanol–water partition coefficient (Wildman–Crippen LogP) is 2.72. The fourth-order valence-corrected chi connectivity index (χ4v) is 2.69. The molecule has 6 heteroatoms. The van der Waals surface area contributed by atoms with Crippen LogP contribution in [0.5, 0.6) is 0 Å². The van der Waals surface area contributed by atoms with Gasteiger partial charge < -0.3 is 0 Å². The minimum absolute atomic E-state index is 0.0182. The summed E-state index contributed by atoms with van der Waals surface area (Å²) in [5.74, 6) is -1.20. The summed E-state index contributed by atoms with van der Waals surface area (Å²) in [7, 11) is 0. The van der Waals surface area contributed by atoms with E-state index in [-0.39, 0.29) is 27.7 Å². The van der Waals surface area contributed by atoms with Crippen molar-refractivity contribution in [3.8, 4) is 5.69 Å². The van der Waals surface area contributed by atoms with Crippen LogP contribution in [0.4, 0.5) is 4.39 Å². The van der Waals surface area contributed by atoms with Crippen molar-refractivity contribution in [1.29, 1.82) is 0 Å². The van der Waals surface area contributed by atoms with Gasteiger partial charge in [0, 0.05) is 0 Å². The van der Waals surface area contributed by atoms with Gasteiger partial charge in [-0.3, -0.25) is 14.2 Å². The van der Waals surface area contributed by atoms with Crippen LogP contribution in [0, 0.1) is 5.82 Å². The molecule has 3 aromatic rings. The number of aromatic nitrogens is 2. The van der Waals surface area contributed by atoms with E-state index in [1.165, 1.54) is 10.6 Å². The lowest BCUT2D eigenvalue weighted by Gasteiger charge is -2.05. The molecule has 1 aliphatic heterocycles. The average Bonchev–Trinajstić information content (AvgIpc) is 2.74. The second kappa shape index (κ2) is 3.99. The third kappa shape index (κ3) is 1.52. The van der Waals surface area contributed by atoms with Gasteiger partial charge in [-0.15, -0.1) is 0 Å². The van der Waals surface area contributed by atoms with Gasteiger partial charge in [0.25, 0.3) is 5.56 Å². The summed E-state index contributed by atoms with van der Waals surface area (Å²) in [6.07, 6.45) is 0. The van der Waals surface area contributed by atoms with E-state index < -0.39 is 11.6 Å². The van der Waals surface area contributed by atoms with Gasteiger partial charge in [-0.2, -0.15) is 0 Å². The number of benzene rings is 2. The molecule has 0 saturated heterocycles. The highest BCUT2D eigenvalue weighted by Crippen LogP contribution is 2.30. The van der Waals surface area contributed by atoms with Crippen LogP contribution in [-0.4, -0.2) is 15.3 Å². The van der Waals surface area contributed by atoms with E-state index in [9.17, 15) is 14.0 Å². The molecule has 0 spiro atoms. The maximum atomic E-state index is 13.6. The van der Waals surface area contributed by atoms with Crippen molar-refractivity contribution in [2.45, 2.75) is 0 Å². The molecule has 0 bridgehead atoms. The van der Waals surface area contributed by atoms with E-state index in [1.54, 1.807) is 24.3 Å². The number of fused-ring (bicyclic) bond motifs is 4. The number of hydrogen-bond donors (Lipinski definition) is 0. The van der Waals surface area contributed by atoms with Crippen molar-refractivity contribution in [3.63, 3.8) is 0 Å². The Hall–Kier alpha value is -2.53. The van der Waals surface area contributed by atoms with Gasteiger partial charge >= 0.3 is 0 Å². The molecule has 21 heavy (non-hydrogen) atoms. The van der Waals surface area contributed by atoms with Crippen LogP contribution in [0.1, 0.15) is 16.2 Å². The summed E-state index contributed by atoms with van der Waals surface area (Å²) in [6, 6.07) is 9.05. The molecule has 0 radical (unpaired) electrons. The minimum Gasteiger partial charge on any atom is -0.285 e. The maximum Gasteiger partial charge on any atom is 0.266 e. The summed E-state index contributed by atoms with van der Waals surface area (Å²) >= 11 is 5.76. The van der Waals surface area contributed by atoms with Crippen molar-refractivity contribution in [2.75, 3.05) is 0 Å². The van der Waals surface area contributed by atoms with Gasteiger partial charge in [0.15, 0.2) is 5.82 Å². The van der Waals surface area contributed by atoms with Crippen LogP contribution in [0.2, 0.25) is 5.02 Å². The molecule has 0 unspecified atom stereocenters. The molecule has 2 heterocycles. The van der Waals surface area contributed by atoms with E-state index >= 15 is 0 Å². The first-order valence-electron chi connectivity index (χ1n) is 6.14. The van der Waals surface area contributed by atoms with Crippen molar-refractivity contribution in [1.82, 2.24) is 9.55 Å². The largest absolute Gasteiger partial charge is 0.285 e. The van der Waals surface area contributed by atoms with Crippen LogP contribution >= 0.6 is 11.6 Å². The van der Waals surface area contributed by atoms with Gasteiger partial charge in [-0.25, -0.2) is 9.37 Å². The predicted molar refractivity (Wildman–Crippen MR) is 75.7 cm³/mol. The molecule has 2 aromatic carbocycles. The molecular formula is C15H6ClFN2O2. The topological polar surface area (TPSA) is 52.0 Å². The van der Waals surface area contributed by atoms with Gasteiger partial charge in [0.1, 0.15) is 5.82 Å². The van der Waals surface area contributed by atoms with Crippen molar-refractivity contribution in [3.05, 3.63) is 69.0 Å². The molecule has 1 aliphatic rings. The molecule has 0 N–H and O–H groups in total. The van der Waals surface area contributed by atoms with E-state index in [4.69, 9.17) is 11.6 Å².